The molecule has 0 bridgehead atoms. The maximum atomic E-state index is 13.4. The summed E-state index contributed by atoms with van der Waals surface area (Å²) >= 11 is 1.25. The molecule has 3 aromatic rings. The van der Waals surface area contributed by atoms with Crippen molar-refractivity contribution < 1.29 is 13.9 Å². The molecular weight excluding hydrogens is 393 g/mol. The van der Waals surface area contributed by atoms with E-state index in [1.54, 1.807) is 42.8 Å². The highest BCUT2D eigenvalue weighted by Gasteiger charge is 2.23. The van der Waals surface area contributed by atoms with Gasteiger partial charge in [-0.15, -0.1) is 5.10 Å². The van der Waals surface area contributed by atoms with Crippen LogP contribution in [0.3, 0.4) is 0 Å². The second kappa shape index (κ2) is 9.04. The van der Waals surface area contributed by atoms with Gasteiger partial charge in [-0.1, -0.05) is 30.0 Å². The number of tetrazole rings is 1. The SMILES string of the molecule is COc1ccc(C)cc1-n1nnnc1SC(C)C(=O)N(C)Cc1cccc(F)c1. The van der Waals surface area contributed by atoms with Crippen LogP contribution in [0.2, 0.25) is 0 Å². The van der Waals surface area contributed by atoms with Gasteiger partial charge in [0.25, 0.3) is 0 Å². The first-order chi connectivity index (χ1) is 13.9. The molecule has 1 unspecified atom stereocenters. The van der Waals surface area contributed by atoms with Gasteiger partial charge in [-0.2, -0.15) is 4.68 Å². The van der Waals surface area contributed by atoms with Crippen LogP contribution in [0.5, 0.6) is 5.75 Å². The molecule has 0 aliphatic carbocycles. The molecule has 0 spiro atoms. The molecule has 29 heavy (non-hydrogen) atoms. The third-order valence-corrected chi connectivity index (χ3v) is 5.34. The zero-order valence-corrected chi connectivity index (χ0v) is 17.5. The van der Waals surface area contributed by atoms with E-state index in [4.69, 9.17) is 4.74 Å². The molecule has 0 radical (unpaired) electrons. The fourth-order valence-corrected chi connectivity index (χ4v) is 3.79. The van der Waals surface area contributed by atoms with E-state index in [1.165, 1.54) is 23.9 Å². The molecule has 0 aliphatic rings. The number of carbonyl (C=O) groups is 1. The number of rotatable bonds is 7. The molecule has 0 saturated carbocycles. The van der Waals surface area contributed by atoms with E-state index >= 15 is 0 Å². The molecule has 0 N–H and O–H groups in total. The van der Waals surface area contributed by atoms with Crippen LogP contribution in [0.1, 0.15) is 18.1 Å². The molecule has 1 amide bonds. The number of aromatic nitrogens is 4. The first-order valence-corrected chi connectivity index (χ1v) is 9.86. The van der Waals surface area contributed by atoms with Gasteiger partial charge in [0, 0.05) is 13.6 Å². The average molecular weight is 415 g/mol. The van der Waals surface area contributed by atoms with Gasteiger partial charge < -0.3 is 9.64 Å². The van der Waals surface area contributed by atoms with Gasteiger partial charge in [0.15, 0.2) is 0 Å². The van der Waals surface area contributed by atoms with Crippen LogP contribution < -0.4 is 4.74 Å². The highest BCUT2D eigenvalue weighted by Crippen LogP contribution is 2.29. The standard InChI is InChI=1S/C20H22FN5O2S/c1-13-8-9-18(28-4)17(10-13)26-20(22-23-24-26)29-14(2)19(27)25(3)12-15-6-5-7-16(21)11-15/h5-11,14H,12H2,1-4H3. The molecule has 3 rings (SSSR count). The Morgan fingerprint density at radius 1 is 1.31 bits per heavy atom. The highest BCUT2D eigenvalue weighted by molar-refractivity contribution is 8.00. The van der Waals surface area contributed by atoms with Gasteiger partial charge in [0.2, 0.25) is 11.1 Å². The second-order valence-electron chi connectivity index (χ2n) is 6.63. The topological polar surface area (TPSA) is 73.1 Å². The van der Waals surface area contributed by atoms with E-state index < -0.39 is 5.25 Å². The van der Waals surface area contributed by atoms with Crippen LogP contribution in [0.15, 0.2) is 47.6 Å². The number of hydrogen-bond donors (Lipinski definition) is 0. The van der Waals surface area contributed by atoms with Gasteiger partial charge in [-0.3, -0.25) is 4.79 Å². The summed E-state index contributed by atoms with van der Waals surface area (Å²) in [5.74, 6) is 0.203. The van der Waals surface area contributed by atoms with E-state index in [9.17, 15) is 9.18 Å². The van der Waals surface area contributed by atoms with Crippen LogP contribution in [0.25, 0.3) is 5.69 Å². The summed E-state index contributed by atoms with van der Waals surface area (Å²) in [4.78, 5) is 14.4. The molecule has 0 fully saturated rings. The predicted molar refractivity (Wildman–Crippen MR) is 109 cm³/mol. The molecule has 0 saturated heterocycles. The van der Waals surface area contributed by atoms with Crippen LogP contribution in [0.4, 0.5) is 4.39 Å². The van der Waals surface area contributed by atoms with Gasteiger partial charge >= 0.3 is 0 Å². The van der Waals surface area contributed by atoms with E-state index in [2.05, 4.69) is 15.5 Å². The molecular formula is C20H22FN5O2S. The molecule has 9 heteroatoms. The summed E-state index contributed by atoms with van der Waals surface area (Å²) in [6.45, 7) is 4.08. The quantitative estimate of drug-likeness (QED) is 0.552. The number of hydrogen-bond acceptors (Lipinski definition) is 6. The Morgan fingerprint density at radius 2 is 2.10 bits per heavy atom. The summed E-state index contributed by atoms with van der Waals surface area (Å²) in [6, 6.07) is 11.9. The Hall–Kier alpha value is -2.94. The summed E-state index contributed by atoms with van der Waals surface area (Å²) < 4.78 is 20.4. The van der Waals surface area contributed by atoms with Crippen molar-refractivity contribution >= 4 is 17.7 Å². The third kappa shape index (κ3) is 4.92. The Kier molecular flexibility index (Phi) is 6.48. The fraction of sp³-hybridized carbons (Fsp3) is 0.300. The molecule has 152 valence electrons. The fourth-order valence-electron chi connectivity index (χ4n) is 2.88. The van der Waals surface area contributed by atoms with E-state index in [0.29, 0.717) is 23.1 Å². The monoisotopic (exact) mass is 415 g/mol. The number of ether oxygens (including phenoxy) is 1. The van der Waals surface area contributed by atoms with Crippen LogP contribution in [-0.2, 0) is 11.3 Å². The summed E-state index contributed by atoms with van der Waals surface area (Å²) in [5.41, 5.74) is 2.46. The van der Waals surface area contributed by atoms with Crippen molar-refractivity contribution in [3.05, 3.63) is 59.4 Å². The Labute approximate surface area is 172 Å². The average Bonchev–Trinajstić information content (AvgIpc) is 3.15. The molecule has 0 aliphatic heterocycles. The van der Waals surface area contributed by atoms with E-state index in [0.717, 1.165) is 11.1 Å². The lowest BCUT2D eigenvalue weighted by atomic mass is 10.2. The summed E-state index contributed by atoms with van der Waals surface area (Å²) in [7, 11) is 3.27. The van der Waals surface area contributed by atoms with Crippen molar-refractivity contribution in [2.75, 3.05) is 14.2 Å². The van der Waals surface area contributed by atoms with Crippen molar-refractivity contribution in [1.82, 2.24) is 25.1 Å². The third-order valence-electron chi connectivity index (χ3n) is 4.32. The molecule has 1 atom stereocenters. The van der Waals surface area contributed by atoms with Crippen molar-refractivity contribution in [2.24, 2.45) is 0 Å². The summed E-state index contributed by atoms with van der Waals surface area (Å²) in [6.07, 6.45) is 0. The summed E-state index contributed by atoms with van der Waals surface area (Å²) in [5, 5.41) is 11.9. The minimum Gasteiger partial charge on any atom is -0.494 e. The van der Waals surface area contributed by atoms with Crippen LogP contribution in [0, 0.1) is 12.7 Å². The Bertz CT molecular complexity index is 1010. The lowest BCUT2D eigenvalue weighted by Crippen LogP contribution is -2.33. The van der Waals surface area contributed by atoms with Gasteiger partial charge in [0.1, 0.15) is 17.3 Å². The minimum absolute atomic E-state index is 0.106. The largest absolute Gasteiger partial charge is 0.494 e. The minimum atomic E-state index is -0.436. The normalized spacial score (nSPS) is 11.9. The lowest BCUT2D eigenvalue weighted by Gasteiger charge is -2.21. The maximum absolute atomic E-state index is 13.4. The van der Waals surface area contributed by atoms with Crippen molar-refractivity contribution in [3.8, 4) is 11.4 Å². The van der Waals surface area contributed by atoms with E-state index in [-0.39, 0.29) is 11.7 Å². The molecule has 7 nitrogen and oxygen atoms in total. The lowest BCUT2D eigenvalue weighted by molar-refractivity contribution is -0.129. The molecule has 1 aromatic heterocycles. The van der Waals surface area contributed by atoms with Gasteiger partial charge in [-0.05, 0) is 59.7 Å². The number of halogens is 1. The van der Waals surface area contributed by atoms with Crippen molar-refractivity contribution in [1.29, 1.82) is 0 Å². The maximum Gasteiger partial charge on any atom is 0.235 e. The molecule has 2 aromatic carbocycles. The van der Waals surface area contributed by atoms with Crippen LogP contribution in [-0.4, -0.2) is 50.4 Å². The number of methoxy groups -OCH3 is 1. The smallest absolute Gasteiger partial charge is 0.235 e. The second-order valence-corrected chi connectivity index (χ2v) is 7.94. The number of nitrogens with zero attached hydrogens (tertiary/aromatic N) is 5. The first kappa shape index (κ1) is 20.8. The Morgan fingerprint density at radius 3 is 2.83 bits per heavy atom. The highest BCUT2D eigenvalue weighted by atomic mass is 32.2. The number of amides is 1. The molecule has 1 heterocycles. The number of carbonyl (C=O) groups excluding carboxylic acids is 1. The van der Waals surface area contributed by atoms with Crippen LogP contribution >= 0.6 is 11.8 Å². The zero-order valence-electron chi connectivity index (χ0n) is 16.7. The van der Waals surface area contributed by atoms with Gasteiger partial charge in [0.05, 0.1) is 12.4 Å². The predicted octanol–water partition coefficient (Wildman–Crippen LogP) is 3.26. The first-order valence-electron chi connectivity index (χ1n) is 8.98. The Balaban J connectivity index is 1.75. The number of aryl methyl sites for hydroxylation is 1. The van der Waals surface area contributed by atoms with Crippen molar-refractivity contribution in [2.45, 2.75) is 30.8 Å². The van der Waals surface area contributed by atoms with Gasteiger partial charge in [-0.25, -0.2) is 4.39 Å². The van der Waals surface area contributed by atoms with Crippen molar-refractivity contribution in [3.63, 3.8) is 0 Å². The number of benzene rings is 2. The van der Waals surface area contributed by atoms with E-state index in [1.807, 2.05) is 25.1 Å². The number of thioether (sulfide) groups is 1. The zero-order chi connectivity index (χ0) is 21.0.